The number of benzene rings is 1. The lowest BCUT2D eigenvalue weighted by Gasteiger charge is -2.13. The number of aromatic nitrogens is 4. The van der Waals surface area contributed by atoms with Crippen LogP contribution in [0.15, 0.2) is 21.8 Å². The van der Waals surface area contributed by atoms with Gasteiger partial charge in [0.2, 0.25) is 5.16 Å². The topological polar surface area (TPSA) is 74.1 Å². The third kappa shape index (κ3) is 6.65. The van der Waals surface area contributed by atoms with Crippen LogP contribution in [-0.2, 0) is 13.6 Å². The molecular formula is C15H22BrClN5O2S-. The molecule has 0 aliphatic heterocycles. The fourth-order valence-electron chi connectivity index (χ4n) is 2.12. The second-order valence-corrected chi connectivity index (χ2v) is 6.92. The number of nitrogens with one attached hydrogen (secondary N) is 1. The van der Waals surface area contributed by atoms with E-state index in [-0.39, 0.29) is 12.4 Å². The lowest BCUT2D eigenvalue weighted by Crippen LogP contribution is -3.00. The molecule has 0 atom stereocenters. The van der Waals surface area contributed by atoms with E-state index in [9.17, 15) is 0 Å². The minimum Gasteiger partial charge on any atom is -1.00 e. The van der Waals surface area contributed by atoms with Crippen molar-refractivity contribution in [3.8, 4) is 11.5 Å². The maximum absolute atomic E-state index is 5.64. The van der Waals surface area contributed by atoms with Crippen molar-refractivity contribution in [1.29, 1.82) is 0 Å². The van der Waals surface area contributed by atoms with E-state index in [4.69, 9.17) is 9.47 Å². The monoisotopic (exact) mass is 450 g/mol. The molecule has 10 heteroatoms. The summed E-state index contributed by atoms with van der Waals surface area (Å²) in [5, 5.41) is 15.7. The van der Waals surface area contributed by atoms with Gasteiger partial charge >= 0.3 is 0 Å². The number of rotatable bonds is 10. The zero-order valence-electron chi connectivity index (χ0n) is 14.5. The van der Waals surface area contributed by atoms with Gasteiger partial charge in [-0.05, 0) is 63.9 Å². The first kappa shape index (κ1) is 22.0. The zero-order chi connectivity index (χ0) is 17.4. The molecule has 1 heterocycles. The SMILES string of the molecule is CCOc1cc(CNCCCSc2nnnn2C)cc(Br)c1OC.[Cl-]. The Morgan fingerprint density at radius 1 is 1.36 bits per heavy atom. The third-order valence-corrected chi connectivity index (χ3v) is 4.90. The molecule has 1 N–H and O–H groups in total. The van der Waals surface area contributed by atoms with E-state index in [1.807, 2.05) is 26.1 Å². The van der Waals surface area contributed by atoms with Crippen molar-refractivity contribution in [3.63, 3.8) is 0 Å². The van der Waals surface area contributed by atoms with Crippen molar-refractivity contribution in [2.45, 2.75) is 25.0 Å². The van der Waals surface area contributed by atoms with Crippen LogP contribution in [0.5, 0.6) is 11.5 Å². The summed E-state index contributed by atoms with van der Waals surface area (Å²) in [6.45, 7) is 4.27. The van der Waals surface area contributed by atoms with Crippen LogP contribution in [0.3, 0.4) is 0 Å². The summed E-state index contributed by atoms with van der Waals surface area (Å²) in [5.74, 6) is 2.46. The Morgan fingerprint density at radius 2 is 2.16 bits per heavy atom. The maximum Gasteiger partial charge on any atom is 0.209 e. The summed E-state index contributed by atoms with van der Waals surface area (Å²) < 4.78 is 13.6. The number of halogens is 2. The smallest absolute Gasteiger partial charge is 0.209 e. The first-order valence-electron chi connectivity index (χ1n) is 7.70. The van der Waals surface area contributed by atoms with E-state index >= 15 is 0 Å². The molecule has 0 bridgehead atoms. The van der Waals surface area contributed by atoms with E-state index in [1.165, 1.54) is 0 Å². The van der Waals surface area contributed by atoms with Gasteiger partial charge in [0.1, 0.15) is 0 Å². The molecule has 0 amide bonds. The Balaban J connectivity index is 0.00000312. The number of methoxy groups -OCH3 is 1. The summed E-state index contributed by atoms with van der Waals surface area (Å²) in [5.41, 5.74) is 1.15. The van der Waals surface area contributed by atoms with Gasteiger partial charge in [-0.1, -0.05) is 11.8 Å². The molecule has 0 saturated carbocycles. The standard InChI is InChI=1S/C15H22BrN5O2S.ClH/c1-4-23-13-9-11(8-12(16)14(13)22-3)10-17-6-5-7-24-15-18-19-20-21(15)2;/h8-9,17H,4-7,10H2,1-3H3;1H/p-1. The number of thioether (sulfide) groups is 1. The molecular weight excluding hydrogens is 430 g/mol. The van der Waals surface area contributed by atoms with Gasteiger partial charge in [0.15, 0.2) is 11.5 Å². The number of ether oxygens (including phenoxy) is 2. The Hall–Kier alpha value is -1.03. The molecule has 0 radical (unpaired) electrons. The van der Waals surface area contributed by atoms with Gasteiger partial charge in [0, 0.05) is 19.3 Å². The van der Waals surface area contributed by atoms with Gasteiger partial charge in [0.05, 0.1) is 18.2 Å². The van der Waals surface area contributed by atoms with Gasteiger partial charge in [0.25, 0.3) is 0 Å². The molecule has 2 rings (SSSR count). The average molecular weight is 452 g/mol. The van der Waals surface area contributed by atoms with E-state index in [0.29, 0.717) is 6.61 Å². The number of nitrogens with zero attached hydrogens (tertiary/aromatic N) is 4. The lowest BCUT2D eigenvalue weighted by atomic mass is 10.2. The molecule has 0 fully saturated rings. The minimum absolute atomic E-state index is 0. The van der Waals surface area contributed by atoms with Gasteiger partial charge < -0.3 is 27.2 Å². The van der Waals surface area contributed by atoms with Crippen molar-refractivity contribution in [1.82, 2.24) is 25.5 Å². The van der Waals surface area contributed by atoms with Gasteiger partial charge in [-0.3, -0.25) is 0 Å². The number of hydrogen-bond donors (Lipinski definition) is 1. The van der Waals surface area contributed by atoms with Gasteiger partial charge in [-0.25, -0.2) is 4.68 Å². The van der Waals surface area contributed by atoms with E-state index in [0.717, 1.165) is 52.0 Å². The van der Waals surface area contributed by atoms with Gasteiger partial charge in [-0.2, -0.15) is 0 Å². The summed E-state index contributed by atoms with van der Waals surface area (Å²) in [6.07, 6.45) is 1.03. The van der Waals surface area contributed by atoms with Crippen LogP contribution in [0.25, 0.3) is 0 Å². The number of hydrogen-bond acceptors (Lipinski definition) is 7. The molecule has 0 spiro atoms. The Kier molecular flexibility index (Phi) is 10.2. The molecule has 2 aromatic rings. The van der Waals surface area contributed by atoms with E-state index < -0.39 is 0 Å². The Morgan fingerprint density at radius 3 is 2.80 bits per heavy atom. The van der Waals surface area contributed by atoms with Crippen molar-refractivity contribution in [2.24, 2.45) is 7.05 Å². The van der Waals surface area contributed by atoms with Crippen LogP contribution >= 0.6 is 27.7 Å². The van der Waals surface area contributed by atoms with E-state index in [2.05, 4.69) is 36.8 Å². The summed E-state index contributed by atoms with van der Waals surface area (Å²) in [4.78, 5) is 0. The predicted molar refractivity (Wildman–Crippen MR) is 97.7 cm³/mol. The van der Waals surface area contributed by atoms with Crippen LogP contribution in [0.1, 0.15) is 18.9 Å². The maximum atomic E-state index is 5.64. The third-order valence-electron chi connectivity index (χ3n) is 3.21. The highest BCUT2D eigenvalue weighted by molar-refractivity contribution is 9.10. The first-order chi connectivity index (χ1) is 11.7. The van der Waals surface area contributed by atoms with Gasteiger partial charge in [-0.15, -0.1) is 5.10 Å². The first-order valence-corrected chi connectivity index (χ1v) is 9.48. The van der Waals surface area contributed by atoms with Crippen molar-refractivity contribution < 1.29 is 21.9 Å². The largest absolute Gasteiger partial charge is 1.00 e. The number of tetrazole rings is 1. The molecule has 7 nitrogen and oxygen atoms in total. The Bertz CT molecular complexity index is 659. The zero-order valence-corrected chi connectivity index (χ0v) is 17.6. The van der Waals surface area contributed by atoms with Crippen molar-refractivity contribution >= 4 is 27.7 Å². The molecule has 25 heavy (non-hydrogen) atoms. The molecule has 0 aliphatic rings. The fraction of sp³-hybridized carbons (Fsp3) is 0.533. The molecule has 0 aliphatic carbocycles. The van der Waals surface area contributed by atoms with Crippen LogP contribution < -0.4 is 27.2 Å². The second kappa shape index (κ2) is 11.6. The van der Waals surface area contributed by atoms with E-state index in [1.54, 1.807) is 23.6 Å². The highest BCUT2D eigenvalue weighted by Crippen LogP contribution is 2.36. The quantitative estimate of drug-likeness (QED) is 0.391. The van der Waals surface area contributed by atoms with Crippen LogP contribution in [0, 0.1) is 0 Å². The predicted octanol–water partition coefficient (Wildman–Crippen LogP) is -0.344. The highest BCUT2D eigenvalue weighted by Gasteiger charge is 2.11. The van der Waals surface area contributed by atoms with Crippen molar-refractivity contribution in [3.05, 3.63) is 22.2 Å². The average Bonchev–Trinajstić information content (AvgIpc) is 2.96. The fourth-order valence-corrected chi connectivity index (χ4v) is 3.56. The summed E-state index contributed by atoms with van der Waals surface area (Å²) >= 11 is 5.19. The Labute approximate surface area is 166 Å². The molecule has 0 saturated heterocycles. The normalized spacial score (nSPS) is 10.4. The molecule has 1 aromatic heterocycles. The summed E-state index contributed by atoms with van der Waals surface area (Å²) in [6, 6.07) is 4.06. The van der Waals surface area contributed by atoms with Crippen LogP contribution in [-0.4, -0.2) is 46.2 Å². The highest BCUT2D eigenvalue weighted by atomic mass is 79.9. The minimum atomic E-state index is 0. The summed E-state index contributed by atoms with van der Waals surface area (Å²) in [7, 11) is 3.49. The van der Waals surface area contributed by atoms with Crippen molar-refractivity contribution in [2.75, 3.05) is 26.0 Å². The van der Waals surface area contributed by atoms with Crippen LogP contribution in [0.2, 0.25) is 0 Å². The second-order valence-electron chi connectivity index (χ2n) is 5.01. The molecule has 1 aromatic carbocycles. The molecule has 0 unspecified atom stereocenters. The lowest BCUT2D eigenvalue weighted by molar-refractivity contribution is -0.00000584. The van der Waals surface area contributed by atoms with Crippen LogP contribution in [0.4, 0.5) is 0 Å². The molecule has 140 valence electrons. The number of aryl methyl sites for hydroxylation is 1.